The van der Waals surface area contributed by atoms with Gasteiger partial charge in [0.2, 0.25) is 5.95 Å². The zero-order valence-electron chi connectivity index (χ0n) is 14.3. The Kier molecular flexibility index (Phi) is 3.87. The molecule has 138 valence electrons. The van der Waals surface area contributed by atoms with Crippen molar-refractivity contribution in [2.75, 3.05) is 38.1 Å². The molecule has 0 unspecified atom stereocenters. The van der Waals surface area contributed by atoms with Gasteiger partial charge in [0.1, 0.15) is 11.6 Å². The molecule has 26 heavy (non-hydrogen) atoms. The van der Waals surface area contributed by atoms with Crippen LogP contribution in [-0.2, 0) is 0 Å². The van der Waals surface area contributed by atoms with Gasteiger partial charge in [-0.15, -0.1) is 18.3 Å². The molecule has 1 saturated heterocycles. The number of aromatic nitrogens is 4. The molecular weight excluding hydrogens is 349 g/mol. The Morgan fingerprint density at radius 3 is 2.50 bits per heavy atom. The molecule has 0 amide bonds. The van der Waals surface area contributed by atoms with Gasteiger partial charge in [0.25, 0.3) is 0 Å². The molecular formula is C16H17F3N6O. The first-order chi connectivity index (χ1) is 12.3. The fraction of sp³-hybridized carbons (Fsp3) is 0.438. The first-order valence-corrected chi connectivity index (χ1v) is 8.16. The largest absolute Gasteiger partial charge is 0.573 e. The van der Waals surface area contributed by atoms with Gasteiger partial charge in [0.15, 0.2) is 5.65 Å². The van der Waals surface area contributed by atoms with E-state index in [0.717, 1.165) is 26.2 Å². The standard InChI is InChI=1S/C16H17F3N6O/c1-10-20-14-12-9-11(26-16(17,18)19)3-4-13(12)21-15(25(14)22-10)24-7-5-23(2)6-8-24/h3-4,9H,5-8H2,1-2H3. The highest BCUT2D eigenvalue weighted by Crippen LogP contribution is 2.29. The number of benzene rings is 1. The minimum atomic E-state index is -4.75. The number of ether oxygens (including phenoxy) is 1. The molecule has 1 fully saturated rings. The highest BCUT2D eigenvalue weighted by molar-refractivity contribution is 5.93. The third kappa shape index (κ3) is 3.12. The SMILES string of the molecule is Cc1nc2c3cc(OC(F)(F)F)ccc3nc(N3CCN(C)CC3)n2n1. The molecule has 0 aliphatic carbocycles. The highest BCUT2D eigenvalue weighted by Gasteiger charge is 2.31. The molecule has 4 rings (SSSR count). The molecule has 3 heterocycles. The fourth-order valence-corrected chi connectivity index (χ4v) is 3.08. The molecule has 0 saturated carbocycles. The highest BCUT2D eigenvalue weighted by atomic mass is 19.4. The first kappa shape index (κ1) is 16.8. The van der Waals surface area contributed by atoms with E-state index in [2.05, 4.69) is 36.7 Å². The van der Waals surface area contributed by atoms with E-state index in [1.165, 1.54) is 18.2 Å². The van der Waals surface area contributed by atoms with Crippen LogP contribution in [0.15, 0.2) is 18.2 Å². The molecule has 10 heteroatoms. The summed E-state index contributed by atoms with van der Waals surface area (Å²) >= 11 is 0. The van der Waals surface area contributed by atoms with Crippen molar-refractivity contribution in [3.05, 3.63) is 24.0 Å². The summed E-state index contributed by atoms with van der Waals surface area (Å²) in [6.07, 6.45) is -4.75. The van der Waals surface area contributed by atoms with E-state index < -0.39 is 6.36 Å². The maximum Gasteiger partial charge on any atom is 0.573 e. The van der Waals surface area contributed by atoms with Gasteiger partial charge in [0, 0.05) is 31.6 Å². The molecule has 1 aromatic carbocycles. The van der Waals surface area contributed by atoms with E-state index in [1.807, 2.05) is 0 Å². The number of fused-ring (bicyclic) bond motifs is 3. The predicted octanol–water partition coefficient (Wildman–Crippen LogP) is 2.24. The van der Waals surface area contributed by atoms with Crippen molar-refractivity contribution in [2.45, 2.75) is 13.3 Å². The van der Waals surface area contributed by atoms with Crippen LogP contribution in [0.1, 0.15) is 5.82 Å². The van der Waals surface area contributed by atoms with Gasteiger partial charge in [-0.25, -0.2) is 9.97 Å². The summed E-state index contributed by atoms with van der Waals surface area (Å²) < 4.78 is 43.2. The minimum absolute atomic E-state index is 0.304. The van der Waals surface area contributed by atoms with Crippen molar-refractivity contribution in [1.29, 1.82) is 0 Å². The summed E-state index contributed by atoms with van der Waals surface area (Å²) in [7, 11) is 2.06. The molecule has 1 aliphatic heterocycles. The number of aryl methyl sites for hydroxylation is 1. The van der Waals surface area contributed by atoms with Gasteiger partial charge < -0.3 is 14.5 Å². The normalized spacial score (nSPS) is 16.6. The number of piperazine rings is 1. The first-order valence-electron chi connectivity index (χ1n) is 8.16. The second kappa shape index (κ2) is 5.97. The van der Waals surface area contributed by atoms with E-state index >= 15 is 0 Å². The number of alkyl halides is 3. The van der Waals surface area contributed by atoms with Gasteiger partial charge in [-0.3, -0.25) is 0 Å². The molecule has 0 bridgehead atoms. The Bertz CT molecular complexity index is 962. The lowest BCUT2D eigenvalue weighted by Crippen LogP contribution is -2.45. The van der Waals surface area contributed by atoms with Gasteiger partial charge >= 0.3 is 6.36 Å². The zero-order valence-corrected chi connectivity index (χ0v) is 14.3. The van der Waals surface area contributed by atoms with E-state index in [1.54, 1.807) is 11.4 Å². The number of likely N-dealkylation sites (N-methyl/N-ethyl adjacent to an activating group) is 1. The summed E-state index contributed by atoms with van der Waals surface area (Å²) in [6.45, 7) is 5.11. The van der Waals surface area contributed by atoms with Crippen molar-refractivity contribution >= 4 is 22.5 Å². The summed E-state index contributed by atoms with van der Waals surface area (Å²) in [5.41, 5.74) is 1.02. The molecule has 0 spiro atoms. The van der Waals surface area contributed by atoms with Crippen molar-refractivity contribution in [3.8, 4) is 5.75 Å². The summed E-state index contributed by atoms with van der Waals surface area (Å²) in [6, 6.07) is 4.07. The monoisotopic (exact) mass is 366 g/mol. The van der Waals surface area contributed by atoms with Crippen LogP contribution < -0.4 is 9.64 Å². The lowest BCUT2D eigenvalue weighted by molar-refractivity contribution is -0.274. The summed E-state index contributed by atoms with van der Waals surface area (Å²) in [5, 5.41) is 4.85. The van der Waals surface area contributed by atoms with Crippen molar-refractivity contribution in [3.63, 3.8) is 0 Å². The third-order valence-corrected chi connectivity index (χ3v) is 4.35. The average Bonchev–Trinajstić information content (AvgIpc) is 2.95. The second-order valence-corrected chi connectivity index (χ2v) is 6.32. The number of halogens is 3. The number of hydrogen-bond donors (Lipinski definition) is 0. The molecule has 3 aromatic rings. The van der Waals surface area contributed by atoms with E-state index in [-0.39, 0.29) is 5.75 Å². The Labute approximate surface area is 147 Å². The smallest absolute Gasteiger partial charge is 0.406 e. The van der Waals surface area contributed by atoms with Crippen LogP contribution in [-0.4, -0.2) is 64.1 Å². The third-order valence-electron chi connectivity index (χ3n) is 4.35. The summed E-state index contributed by atoms with van der Waals surface area (Å²) in [5.74, 6) is 0.865. The van der Waals surface area contributed by atoms with Crippen molar-refractivity contribution in [1.82, 2.24) is 24.5 Å². The van der Waals surface area contributed by atoms with Crippen molar-refractivity contribution < 1.29 is 17.9 Å². The van der Waals surface area contributed by atoms with Crippen LogP contribution >= 0.6 is 0 Å². The van der Waals surface area contributed by atoms with E-state index in [0.29, 0.717) is 28.3 Å². The Morgan fingerprint density at radius 1 is 1.08 bits per heavy atom. The molecule has 0 N–H and O–H groups in total. The molecule has 0 atom stereocenters. The van der Waals surface area contributed by atoms with Gasteiger partial charge in [-0.1, -0.05) is 0 Å². The van der Waals surface area contributed by atoms with Gasteiger partial charge in [-0.05, 0) is 32.2 Å². The Hall–Kier alpha value is -2.62. The number of rotatable bonds is 2. The number of hydrogen-bond acceptors (Lipinski definition) is 6. The molecule has 0 radical (unpaired) electrons. The minimum Gasteiger partial charge on any atom is -0.406 e. The average molecular weight is 366 g/mol. The van der Waals surface area contributed by atoms with Crippen LogP contribution in [0.2, 0.25) is 0 Å². The van der Waals surface area contributed by atoms with Gasteiger partial charge in [0.05, 0.1) is 5.52 Å². The number of anilines is 1. The Morgan fingerprint density at radius 2 is 1.81 bits per heavy atom. The van der Waals surface area contributed by atoms with Crippen LogP contribution in [0.4, 0.5) is 19.1 Å². The quantitative estimate of drug-likeness (QED) is 0.693. The van der Waals surface area contributed by atoms with E-state index in [4.69, 9.17) is 0 Å². The van der Waals surface area contributed by atoms with E-state index in [9.17, 15) is 13.2 Å². The predicted molar refractivity (Wildman–Crippen MR) is 89.4 cm³/mol. The number of nitrogens with zero attached hydrogens (tertiary/aromatic N) is 6. The van der Waals surface area contributed by atoms with Crippen LogP contribution in [0.3, 0.4) is 0 Å². The fourth-order valence-electron chi connectivity index (χ4n) is 3.08. The molecule has 2 aromatic heterocycles. The second-order valence-electron chi connectivity index (χ2n) is 6.32. The van der Waals surface area contributed by atoms with Gasteiger partial charge in [-0.2, -0.15) is 4.52 Å². The lowest BCUT2D eigenvalue weighted by Gasteiger charge is -2.33. The maximum atomic E-state index is 12.5. The lowest BCUT2D eigenvalue weighted by atomic mass is 10.2. The molecule has 1 aliphatic rings. The molecule has 7 nitrogen and oxygen atoms in total. The topological polar surface area (TPSA) is 58.8 Å². The maximum absolute atomic E-state index is 12.5. The van der Waals surface area contributed by atoms with Crippen LogP contribution in [0.5, 0.6) is 5.75 Å². The van der Waals surface area contributed by atoms with Crippen molar-refractivity contribution in [2.24, 2.45) is 0 Å². The summed E-state index contributed by atoms with van der Waals surface area (Å²) in [4.78, 5) is 13.4. The van der Waals surface area contributed by atoms with Crippen LogP contribution in [0, 0.1) is 6.92 Å². The van der Waals surface area contributed by atoms with Crippen LogP contribution in [0.25, 0.3) is 16.6 Å². The Balaban J connectivity index is 1.85. The zero-order chi connectivity index (χ0) is 18.5.